The van der Waals surface area contributed by atoms with Gasteiger partial charge in [-0.05, 0) is 64.6 Å². The number of hydrogen-bond donors (Lipinski definition) is 1. The number of nitro groups is 1. The second-order valence-corrected chi connectivity index (χ2v) is 10.5. The number of hydrogen-bond acceptors (Lipinski definition) is 8. The molecule has 12 heteroatoms. The largest absolute Gasteiger partial charge is 0.469 e. The van der Waals surface area contributed by atoms with Gasteiger partial charge in [-0.15, -0.1) is 10.2 Å². The SMILES string of the molecule is CCn1c(Sc2ccc(S(=O)(=O)NC(C)(C)C)cc2[N+](=O)[O-])nnc1-c1ccoc1C. The maximum absolute atomic E-state index is 12.6. The Hall–Kier alpha value is -2.70. The lowest BCUT2D eigenvalue weighted by molar-refractivity contribution is -0.388. The Morgan fingerprint density at radius 3 is 2.52 bits per heavy atom. The fourth-order valence-corrected chi connectivity index (χ4v) is 5.34. The molecule has 0 atom stereocenters. The predicted octanol–water partition coefficient (Wildman–Crippen LogP) is 4.00. The van der Waals surface area contributed by atoms with Gasteiger partial charge in [-0.25, -0.2) is 13.1 Å². The minimum absolute atomic E-state index is 0.176. The highest BCUT2D eigenvalue weighted by atomic mass is 32.2. The quantitative estimate of drug-likeness (QED) is 0.409. The average molecular weight is 466 g/mol. The molecule has 0 saturated heterocycles. The first-order valence-electron chi connectivity index (χ1n) is 9.41. The monoisotopic (exact) mass is 465 g/mol. The molecular weight excluding hydrogens is 442 g/mol. The van der Waals surface area contributed by atoms with Crippen LogP contribution in [-0.2, 0) is 16.6 Å². The van der Waals surface area contributed by atoms with E-state index in [1.54, 1.807) is 33.1 Å². The van der Waals surface area contributed by atoms with Crippen molar-refractivity contribution in [3.63, 3.8) is 0 Å². The van der Waals surface area contributed by atoms with E-state index < -0.39 is 20.5 Å². The minimum Gasteiger partial charge on any atom is -0.469 e. The molecule has 0 aliphatic rings. The fraction of sp³-hybridized carbons (Fsp3) is 0.368. The molecule has 1 N–H and O–H groups in total. The van der Waals surface area contributed by atoms with Crippen LogP contribution in [0.1, 0.15) is 33.5 Å². The summed E-state index contributed by atoms with van der Waals surface area (Å²) in [6.07, 6.45) is 1.56. The average Bonchev–Trinajstić information content (AvgIpc) is 3.25. The van der Waals surface area contributed by atoms with Crippen molar-refractivity contribution in [2.75, 3.05) is 0 Å². The van der Waals surface area contributed by atoms with E-state index in [1.165, 1.54) is 12.1 Å². The molecule has 3 rings (SSSR count). The van der Waals surface area contributed by atoms with Crippen LogP contribution < -0.4 is 4.72 Å². The van der Waals surface area contributed by atoms with Crippen LogP contribution in [0.2, 0.25) is 0 Å². The lowest BCUT2D eigenvalue weighted by Gasteiger charge is -2.20. The first-order valence-corrected chi connectivity index (χ1v) is 11.7. The van der Waals surface area contributed by atoms with E-state index in [1.807, 2.05) is 18.4 Å². The highest BCUT2D eigenvalue weighted by Gasteiger charge is 2.27. The molecule has 166 valence electrons. The molecule has 0 saturated carbocycles. The van der Waals surface area contributed by atoms with Gasteiger partial charge in [-0.1, -0.05) is 0 Å². The number of benzene rings is 1. The number of rotatable bonds is 7. The van der Waals surface area contributed by atoms with E-state index in [-0.39, 0.29) is 15.5 Å². The molecule has 31 heavy (non-hydrogen) atoms. The molecule has 0 fully saturated rings. The summed E-state index contributed by atoms with van der Waals surface area (Å²) in [6, 6.07) is 5.60. The smallest absolute Gasteiger partial charge is 0.284 e. The Morgan fingerprint density at radius 2 is 1.97 bits per heavy atom. The molecule has 0 amide bonds. The molecule has 0 unspecified atom stereocenters. The van der Waals surface area contributed by atoms with E-state index in [2.05, 4.69) is 14.9 Å². The minimum atomic E-state index is -3.91. The number of aryl methyl sites for hydroxylation is 1. The standard InChI is InChI=1S/C19H23N5O5S2/c1-6-23-17(14-9-10-29-12(14)2)20-21-18(23)30-16-8-7-13(11-15(16)24(25)26)31(27,28)22-19(3,4)5/h7-11,22H,6H2,1-5H3. The van der Waals surface area contributed by atoms with Crippen molar-refractivity contribution in [2.45, 2.75) is 61.6 Å². The van der Waals surface area contributed by atoms with E-state index in [9.17, 15) is 18.5 Å². The van der Waals surface area contributed by atoms with Gasteiger partial charge in [-0.3, -0.25) is 10.1 Å². The van der Waals surface area contributed by atoms with Gasteiger partial charge in [0.1, 0.15) is 5.76 Å². The molecule has 0 aliphatic carbocycles. The highest BCUT2D eigenvalue weighted by Crippen LogP contribution is 2.37. The van der Waals surface area contributed by atoms with Gasteiger partial charge in [0.05, 0.1) is 26.5 Å². The third-order valence-electron chi connectivity index (χ3n) is 4.21. The van der Waals surface area contributed by atoms with E-state index in [0.717, 1.165) is 23.4 Å². The van der Waals surface area contributed by atoms with Crippen molar-refractivity contribution in [3.8, 4) is 11.4 Å². The van der Waals surface area contributed by atoms with Gasteiger partial charge in [0.15, 0.2) is 11.0 Å². The number of sulfonamides is 1. The maximum atomic E-state index is 12.6. The van der Waals surface area contributed by atoms with Crippen LogP contribution >= 0.6 is 11.8 Å². The van der Waals surface area contributed by atoms with Crippen molar-refractivity contribution in [1.82, 2.24) is 19.5 Å². The maximum Gasteiger partial charge on any atom is 0.284 e. The normalized spacial score (nSPS) is 12.3. The Morgan fingerprint density at radius 1 is 1.26 bits per heavy atom. The summed E-state index contributed by atoms with van der Waals surface area (Å²) < 4.78 is 34.8. The van der Waals surface area contributed by atoms with Crippen molar-refractivity contribution < 1.29 is 17.8 Å². The van der Waals surface area contributed by atoms with Crippen LogP contribution in [0.3, 0.4) is 0 Å². The predicted molar refractivity (Wildman–Crippen MR) is 115 cm³/mol. The lowest BCUT2D eigenvalue weighted by Crippen LogP contribution is -2.40. The van der Waals surface area contributed by atoms with Crippen molar-refractivity contribution in [3.05, 3.63) is 46.4 Å². The van der Waals surface area contributed by atoms with Crippen LogP contribution in [0.15, 0.2) is 49.9 Å². The summed E-state index contributed by atoms with van der Waals surface area (Å²) in [6.45, 7) is 9.34. The molecule has 1 aromatic carbocycles. The molecule has 0 bridgehead atoms. The molecule has 0 aliphatic heterocycles. The van der Waals surface area contributed by atoms with E-state index in [0.29, 0.717) is 23.3 Å². The zero-order valence-electron chi connectivity index (χ0n) is 17.7. The number of furan rings is 1. The van der Waals surface area contributed by atoms with Gasteiger partial charge in [-0.2, -0.15) is 0 Å². The number of nitro benzene ring substituents is 1. The summed E-state index contributed by atoms with van der Waals surface area (Å²) in [4.78, 5) is 11.2. The first kappa shape index (κ1) is 23.0. The second-order valence-electron chi connectivity index (χ2n) is 7.79. The Kier molecular flexibility index (Phi) is 6.25. The van der Waals surface area contributed by atoms with Crippen LogP contribution in [-0.4, -0.2) is 33.6 Å². The van der Waals surface area contributed by atoms with Crippen LogP contribution in [0.25, 0.3) is 11.4 Å². The second kappa shape index (κ2) is 8.44. The van der Waals surface area contributed by atoms with Gasteiger partial charge in [0, 0.05) is 18.2 Å². The molecule has 2 aromatic heterocycles. The molecule has 10 nitrogen and oxygen atoms in total. The Balaban J connectivity index is 2.00. The van der Waals surface area contributed by atoms with Crippen molar-refractivity contribution >= 4 is 27.5 Å². The number of nitrogens with one attached hydrogen (secondary N) is 1. The summed E-state index contributed by atoms with van der Waals surface area (Å²) in [5.74, 6) is 1.28. The van der Waals surface area contributed by atoms with Gasteiger partial charge in [0.25, 0.3) is 5.69 Å². The molecule has 2 heterocycles. The van der Waals surface area contributed by atoms with Crippen molar-refractivity contribution in [1.29, 1.82) is 0 Å². The summed E-state index contributed by atoms with van der Waals surface area (Å²) >= 11 is 1.05. The zero-order chi connectivity index (χ0) is 23.0. The number of nitrogens with zero attached hydrogens (tertiary/aromatic N) is 4. The fourth-order valence-electron chi connectivity index (χ4n) is 2.92. The third-order valence-corrected chi connectivity index (χ3v) is 7.02. The molecule has 0 spiro atoms. The van der Waals surface area contributed by atoms with Gasteiger partial charge in [0.2, 0.25) is 10.0 Å². The van der Waals surface area contributed by atoms with Gasteiger partial charge >= 0.3 is 0 Å². The third kappa shape index (κ3) is 4.97. The Bertz CT molecular complexity index is 1220. The van der Waals surface area contributed by atoms with Crippen LogP contribution in [0.4, 0.5) is 5.69 Å². The topological polar surface area (TPSA) is 133 Å². The lowest BCUT2D eigenvalue weighted by atomic mass is 10.1. The first-order chi connectivity index (χ1) is 14.4. The summed E-state index contributed by atoms with van der Waals surface area (Å²) in [5, 5.41) is 20.5. The van der Waals surface area contributed by atoms with E-state index in [4.69, 9.17) is 4.42 Å². The van der Waals surface area contributed by atoms with E-state index >= 15 is 0 Å². The van der Waals surface area contributed by atoms with Crippen LogP contribution in [0.5, 0.6) is 0 Å². The van der Waals surface area contributed by atoms with Crippen LogP contribution in [0, 0.1) is 17.0 Å². The molecule has 0 radical (unpaired) electrons. The summed E-state index contributed by atoms with van der Waals surface area (Å²) in [5.41, 5.74) is -0.265. The molecule has 3 aromatic rings. The van der Waals surface area contributed by atoms with Crippen molar-refractivity contribution in [2.24, 2.45) is 0 Å². The zero-order valence-corrected chi connectivity index (χ0v) is 19.4. The highest BCUT2D eigenvalue weighted by molar-refractivity contribution is 7.99. The van der Waals surface area contributed by atoms with Gasteiger partial charge < -0.3 is 8.98 Å². The molecular formula is C19H23N5O5S2. The number of aromatic nitrogens is 3. The Labute approximate surface area is 184 Å². The summed E-state index contributed by atoms with van der Waals surface area (Å²) in [7, 11) is -3.91.